The number of hydrogen-bond acceptors (Lipinski definition) is 0. The van der Waals surface area contributed by atoms with E-state index in [-0.39, 0.29) is 5.92 Å². The summed E-state index contributed by atoms with van der Waals surface area (Å²) < 4.78 is 1.07. The van der Waals surface area contributed by atoms with Gasteiger partial charge in [-0.25, -0.2) is 0 Å². The van der Waals surface area contributed by atoms with Crippen LogP contribution in [0.15, 0.2) is 95.5 Å². The average molecular weight is 373 g/mol. The van der Waals surface area contributed by atoms with Crippen molar-refractivity contribution in [2.24, 2.45) is 0 Å². The van der Waals surface area contributed by atoms with Gasteiger partial charge in [-0.1, -0.05) is 101 Å². The summed E-state index contributed by atoms with van der Waals surface area (Å²) >= 11 is 3.50. The van der Waals surface area contributed by atoms with Crippen molar-refractivity contribution in [1.82, 2.24) is 0 Å². The summed E-state index contributed by atoms with van der Waals surface area (Å²) in [6, 6.07) is 28.9. The fourth-order valence-electron chi connectivity index (χ4n) is 2.67. The van der Waals surface area contributed by atoms with E-state index in [1.165, 1.54) is 0 Å². The van der Waals surface area contributed by atoms with Crippen LogP contribution < -0.4 is 0 Å². The third-order valence-electron chi connectivity index (χ3n) is 3.91. The third kappa shape index (κ3) is 3.85. The normalized spacial score (nSPS) is 12.4. The minimum Gasteiger partial charge on any atom is -0.119 e. The van der Waals surface area contributed by atoms with Crippen molar-refractivity contribution in [1.29, 1.82) is 0 Å². The molecule has 1 heteroatoms. The van der Waals surface area contributed by atoms with Crippen molar-refractivity contribution in [2.45, 2.75) is 5.92 Å². The zero-order valence-electron chi connectivity index (χ0n) is 13.2. The predicted molar refractivity (Wildman–Crippen MR) is 106 cm³/mol. The topological polar surface area (TPSA) is 0 Å². The summed E-state index contributed by atoms with van der Waals surface area (Å²) in [7, 11) is 0. The van der Waals surface area contributed by atoms with Crippen LogP contribution in [0, 0.1) is 12.3 Å². The Morgan fingerprint density at radius 3 is 1.92 bits per heavy atom. The average Bonchev–Trinajstić information content (AvgIpc) is 2.65. The first-order valence-electron chi connectivity index (χ1n) is 7.82. The van der Waals surface area contributed by atoms with E-state index >= 15 is 0 Å². The molecule has 3 aromatic carbocycles. The van der Waals surface area contributed by atoms with Gasteiger partial charge in [-0.15, -0.1) is 6.42 Å². The van der Waals surface area contributed by atoms with Gasteiger partial charge in [0.1, 0.15) is 0 Å². The Labute approximate surface area is 152 Å². The Morgan fingerprint density at radius 2 is 1.33 bits per heavy atom. The molecule has 0 heterocycles. The minimum atomic E-state index is -0.0648. The highest BCUT2D eigenvalue weighted by Gasteiger charge is 2.10. The van der Waals surface area contributed by atoms with E-state index in [1.54, 1.807) is 0 Å². The lowest BCUT2D eigenvalue weighted by Crippen LogP contribution is -1.95. The number of rotatable bonds is 4. The molecule has 0 aliphatic carbocycles. The van der Waals surface area contributed by atoms with E-state index in [9.17, 15) is 0 Å². The fraction of sp³-hybridized carbons (Fsp3) is 0.0435. The Kier molecular flexibility index (Phi) is 5.31. The number of hydrogen-bond donors (Lipinski definition) is 0. The van der Waals surface area contributed by atoms with E-state index in [0.29, 0.717) is 0 Å². The maximum absolute atomic E-state index is 5.83. The monoisotopic (exact) mass is 372 g/mol. The molecule has 0 fully saturated rings. The first-order chi connectivity index (χ1) is 11.8. The second-order valence-electron chi connectivity index (χ2n) is 5.51. The molecular formula is C23H17Br. The van der Waals surface area contributed by atoms with Gasteiger partial charge in [0.05, 0.1) is 5.92 Å². The molecule has 3 rings (SSSR count). The number of halogens is 1. The lowest BCUT2D eigenvalue weighted by Gasteiger charge is -2.13. The van der Waals surface area contributed by atoms with Crippen LogP contribution in [-0.4, -0.2) is 0 Å². The molecule has 0 N–H and O–H groups in total. The molecule has 0 aliphatic heterocycles. The van der Waals surface area contributed by atoms with Crippen LogP contribution in [0.3, 0.4) is 0 Å². The van der Waals surface area contributed by atoms with Crippen LogP contribution in [-0.2, 0) is 0 Å². The molecule has 3 aromatic rings. The number of benzene rings is 3. The highest BCUT2D eigenvalue weighted by Crippen LogP contribution is 2.29. The van der Waals surface area contributed by atoms with Gasteiger partial charge in [-0.3, -0.25) is 0 Å². The van der Waals surface area contributed by atoms with Crippen molar-refractivity contribution in [2.75, 3.05) is 0 Å². The number of allylic oxidation sites excluding steroid dienone is 1. The number of terminal acetylenes is 1. The maximum atomic E-state index is 5.83. The van der Waals surface area contributed by atoms with Crippen molar-refractivity contribution in [3.05, 3.63) is 112 Å². The van der Waals surface area contributed by atoms with Gasteiger partial charge < -0.3 is 0 Å². The van der Waals surface area contributed by atoms with Gasteiger partial charge >= 0.3 is 0 Å². The van der Waals surface area contributed by atoms with Crippen molar-refractivity contribution in [3.63, 3.8) is 0 Å². The minimum absolute atomic E-state index is 0.0648. The van der Waals surface area contributed by atoms with Crippen LogP contribution in [0.5, 0.6) is 0 Å². The van der Waals surface area contributed by atoms with Crippen molar-refractivity contribution < 1.29 is 0 Å². The Morgan fingerprint density at radius 1 is 0.792 bits per heavy atom. The van der Waals surface area contributed by atoms with Crippen LogP contribution in [0.2, 0.25) is 0 Å². The zero-order valence-corrected chi connectivity index (χ0v) is 14.8. The van der Waals surface area contributed by atoms with E-state index in [4.69, 9.17) is 6.42 Å². The van der Waals surface area contributed by atoms with Crippen LogP contribution in [0.4, 0.5) is 0 Å². The van der Waals surface area contributed by atoms with Crippen LogP contribution in [0.25, 0.3) is 5.57 Å². The smallest absolute Gasteiger partial charge is 0.0639 e. The first-order valence-corrected chi connectivity index (χ1v) is 8.61. The molecule has 0 amide bonds. The Balaban J connectivity index is 2.10. The molecule has 1 unspecified atom stereocenters. The van der Waals surface area contributed by atoms with Crippen molar-refractivity contribution >= 4 is 21.5 Å². The molecule has 0 radical (unpaired) electrons. The molecule has 0 nitrogen and oxygen atoms in total. The molecule has 24 heavy (non-hydrogen) atoms. The van der Waals surface area contributed by atoms with Crippen LogP contribution in [0.1, 0.15) is 22.6 Å². The predicted octanol–water partition coefficient (Wildman–Crippen LogP) is 6.30. The lowest BCUT2D eigenvalue weighted by atomic mass is 9.91. The fourth-order valence-corrected chi connectivity index (χ4v) is 2.94. The molecular weight excluding hydrogens is 356 g/mol. The van der Waals surface area contributed by atoms with Gasteiger partial charge in [0.2, 0.25) is 0 Å². The molecule has 0 saturated carbocycles. The molecule has 116 valence electrons. The zero-order chi connectivity index (χ0) is 16.8. The molecule has 0 saturated heterocycles. The van der Waals surface area contributed by atoms with Gasteiger partial charge in [-0.2, -0.15) is 0 Å². The molecule has 0 bridgehead atoms. The van der Waals surface area contributed by atoms with Gasteiger partial charge in [0.25, 0.3) is 0 Å². The largest absolute Gasteiger partial charge is 0.119 e. The highest BCUT2D eigenvalue weighted by molar-refractivity contribution is 9.10. The maximum Gasteiger partial charge on any atom is 0.0639 e. The van der Waals surface area contributed by atoms with E-state index in [0.717, 1.165) is 26.7 Å². The summed E-state index contributed by atoms with van der Waals surface area (Å²) in [4.78, 5) is 0. The standard InChI is InChI=1S/C23H17Br/c1-2-18(19-9-5-3-6-10-19)17-23(20-11-7-4-8-12-20)21-13-15-22(24)16-14-21/h1,3-18H/b23-17+. The second kappa shape index (κ2) is 7.81. The van der Waals surface area contributed by atoms with E-state index < -0.39 is 0 Å². The second-order valence-corrected chi connectivity index (χ2v) is 6.42. The molecule has 0 aliphatic rings. The Hall–Kier alpha value is -2.56. The van der Waals surface area contributed by atoms with Gasteiger partial charge in [-0.05, 0) is 34.4 Å². The summed E-state index contributed by atoms with van der Waals surface area (Å²) in [6.07, 6.45) is 8.01. The van der Waals surface area contributed by atoms with Crippen molar-refractivity contribution in [3.8, 4) is 12.3 Å². The highest BCUT2D eigenvalue weighted by atomic mass is 79.9. The van der Waals surface area contributed by atoms with E-state index in [1.807, 2.05) is 24.3 Å². The molecule has 0 aromatic heterocycles. The van der Waals surface area contributed by atoms with Gasteiger partial charge in [0, 0.05) is 4.47 Å². The van der Waals surface area contributed by atoms with Crippen LogP contribution >= 0.6 is 15.9 Å². The summed E-state index contributed by atoms with van der Waals surface area (Å²) in [5.41, 5.74) is 4.59. The third-order valence-corrected chi connectivity index (χ3v) is 4.44. The van der Waals surface area contributed by atoms with Gasteiger partial charge in [0.15, 0.2) is 0 Å². The molecule has 1 atom stereocenters. The SMILES string of the molecule is C#CC(/C=C(\c1ccccc1)c1ccc(Br)cc1)c1ccccc1. The quantitative estimate of drug-likeness (QED) is 0.471. The Bertz CT molecular complexity index is 853. The van der Waals surface area contributed by atoms with E-state index in [2.05, 4.69) is 88.6 Å². The summed E-state index contributed by atoms with van der Waals surface area (Å²) in [5.74, 6) is 2.85. The lowest BCUT2D eigenvalue weighted by molar-refractivity contribution is 1.13. The summed E-state index contributed by atoms with van der Waals surface area (Å²) in [6.45, 7) is 0. The first kappa shape index (κ1) is 16.3. The summed E-state index contributed by atoms with van der Waals surface area (Å²) in [5, 5.41) is 0. The molecule has 0 spiro atoms.